The highest BCUT2D eigenvalue weighted by molar-refractivity contribution is 8.00. The number of para-hydroxylation sites is 2. The molecule has 7 heteroatoms. The largest absolute Gasteiger partial charge is 0.485 e. The molecule has 32 heavy (non-hydrogen) atoms. The van der Waals surface area contributed by atoms with Gasteiger partial charge in [-0.1, -0.05) is 42.5 Å². The predicted molar refractivity (Wildman–Crippen MR) is 124 cm³/mol. The molecule has 0 bridgehead atoms. The van der Waals surface area contributed by atoms with Gasteiger partial charge in [-0.15, -0.1) is 11.8 Å². The summed E-state index contributed by atoms with van der Waals surface area (Å²) >= 11 is 1.55. The molecule has 0 saturated carbocycles. The van der Waals surface area contributed by atoms with Gasteiger partial charge in [-0.05, 0) is 35.0 Å². The summed E-state index contributed by atoms with van der Waals surface area (Å²) in [5, 5.41) is 2.37. The summed E-state index contributed by atoms with van der Waals surface area (Å²) in [6.07, 6.45) is -0.643. The minimum atomic E-state index is -0.643. The van der Waals surface area contributed by atoms with Crippen LogP contribution in [-0.4, -0.2) is 66.3 Å². The fraction of sp³-hybridized carbons (Fsp3) is 0.280. The van der Waals surface area contributed by atoms with Gasteiger partial charge in [0.2, 0.25) is 12.0 Å². The lowest BCUT2D eigenvalue weighted by molar-refractivity contribution is -0.145. The van der Waals surface area contributed by atoms with Gasteiger partial charge in [-0.25, -0.2) is 0 Å². The van der Waals surface area contributed by atoms with Crippen molar-refractivity contribution in [2.45, 2.75) is 11.0 Å². The molecule has 1 unspecified atom stereocenters. The molecular weight excluding hydrogens is 424 g/mol. The van der Waals surface area contributed by atoms with E-state index in [9.17, 15) is 9.59 Å². The van der Waals surface area contributed by atoms with Crippen LogP contribution in [0.5, 0.6) is 11.5 Å². The maximum Gasteiger partial charge on any atom is 0.267 e. The zero-order chi connectivity index (χ0) is 21.9. The number of ether oxygens (including phenoxy) is 2. The lowest BCUT2D eigenvalue weighted by atomic mass is 10.1. The standard InChI is InChI=1S/C25H24N2O4S/c28-24(17-32-20-10-9-18-5-1-2-6-19(18)15-20)26-11-13-27(14-12-26)25(29)23-16-30-21-7-3-4-8-22(21)31-23/h1-10,15,23H,11-14,16-17H2. The lowest BCUT2D eigenvalue weighted by Crippen LogP contribution is -2.55. The smallest absolute Gasteiger partial charge is 0.267 e. The number of nitrogens with zero attached hydrogens (tertiary/aromatic N) is 2. The van der Waals surface area contributed by atoms with Gasteiger partial charge in [-0.3, -0.25) is 9.59 Å². The number of fused-ring (bicyclic) bond motifs is 2. The van der Waals surface area contributed by atoms with E-state index >= 15 is 0 Å². The van der Waals surface area contributed by atoms with Crippen molar-refractivity contribution >= 4 is 34.3 Å². The SMILES string of the molecule is O=C(CSc1ccc2ccccc2c1)N1CCN(C(=O)C2COc3ccccc3O2)CC1. The van der Waals surface area contributed by atoms with Crippen LogP contribution in [0.4, 0.5) is 0 Å². The van der Waals surface area contributed by atoms with Gasteiger partial charge >= 0.3 is 0 Å². The van der Waals surface area contributed by atoms with Crippen molar-refractivity contribution in [1.82, 2.24) is 9.80 Å². The second-order valence-electron chi connectivity index (χ2n) is 7.87. The Balaban J connectivity index is 1.11. The van der Waals surface area contributed by atoms with E-state index in [1.165, 1.54) is 10.8 Å². The van der Waals surface area contributed by atoms with Gasteiger partial charge in [0.25, 0.3) is 5.91 Å². The number of carbonyl (C=O) groups is 2. The fourth-order valence-corrected chi connectivity index (χ4v) is 4.86. The molecule has 2 aliphatic heterocycles. The van der Waals surface area contributed by atoms with E-state index in [4.69, 9.17) is 9.47 Å². The first-order valence-corrected chi connectivity index (χ1v) is 11.7. The first-order valence-electron chi connectivity index (χ1n) is 10.7. The molecule has 1 fully saturated rings. The number of hydrogen-bond acceptors (Lipinski definition) is 5. The van der Waals surface area contributed by atoms with Crippen LogP contribution in [0.15, 0.2) is 71.6 Å². The molecule has 2 aliphatic rings. The Morgan fingerprint density at radius 2 is 1.53 bits per heavy atom. The van der Waals surface area contributed by atoms with Crippen molar-refractivity contribution in [2.24, 2.45) is 0 Å². The van der Waals surface area contributed by atoms with Crippen molar-refractivity contribution in [2.75, 3.05) is 38.5 Å². The monoisotopic (exact) mass is 448 g/mol. The Morgan fingerprint density at radius 1 is 0.844 bits per heavy atom. The van der Waals surface area contributed by atoms with Crippen molar-refractivity contribution in [3.63, 3.8) is 0 Å². The molecule has 5 rings (SSSR count). The van der Waals surface area contributed by atoms with Crippen LogP contribution in [0.2, 0.25) is 0 Å². The Labute approximate surface area is 191 Å². The molecule has 3 aromatic rings. The molecule has 0 aliphatic carbocycles. The molecule has 0 aromatic heterocycles. The van der Waals surface area contributed by atoms with Crippen LogP contribution < -0.4 is 9.47 Å². The fourth-order valence-electron chi connectivity index (χ4n) is 4.01. The summed E-state index contributed by atoms with van der Waals surface area (Å²) in [5.41, 5.74) is 0. The molecule has 0 radical (unpaired) electrons. The van der Waals surface area contributed by atoms with Crippen LogP contribution in [-0.2, 0) is 9.59 Å². The maximum atomic E-state index is 12.9. The summed E-state index contributed by atoms with van der Waals surface area (Å²) in [6, 6.07) is 21.8. The number of carbonyl (C=O) groups excluding carboxylic acids is 2. The molecule has 3 aromatic carbocycles. The van der Waals surface area contributed by atoms with Gasteiger partial charge in [0, 0.05) is 31.1 Å². The molecule has 164 valence electrons. The van der Waals surface area contributed by atoms with E-state index < -0.39 is 6.10 Å². The zero-order valence-corrected chi connectivity index (χ0v) is 18.4. The van der Waals surface area contributed by atoms with E-state index in [0.29, 0.717) is 43.4 Å². The van der Waals surface area contributed by atoms with E-state index in [0.717, 1.165) is 4.90 Å². The van der Waals surface area contributed by atoms with Crippen LogP contribution in [0.25, 0.3) is 10.8 Å². The lowest BCUT2D eigenvalue weighted by Gasteiger charge is -2.37. The van der Waals surface area contributed by atoms with Gasteiger partial charge < -0.3 is 19.3 Å². The van der Waals surface area contributed by atoms with Crippen molar-refractivity contribution in [3.8, 4) is 11.5 Å². The van der Waals surface area contributed by atoms with Gasteiger partial charge in [0.15, 0.2) is 11.5 Å². The number of piperazine rings is 1. The number of rotatable bonds is 4. The third kappa shape index (κ3) is 4.39. The number of amides is 2. The van der Waals surface area contributed by atoms with Crippen molar-refractivity contribution in [1.29, 1.82) is 0 Å². The second kappa shape index (κ2) is 9.12. The van der Waals surface area contributed by atoms with E-state index in [-0.39, 0.29) is 18.4 Å². The second-order valence-corrected chi connectivity index (χ2v) is 8.92. The summed E-state index contributed by atoms with van der Waals surface area (Å²) in [6.45, 7) is 2.29. The summed E-state index contributed by atoms with van der Waals surface area (Å²) in [7, 11) is 0. The normalized spacial score (nSPS) is 17.9. The molecule has 0 N–H and O–H groups in total. The summed E-state index contributed by atoms with van der Waals surface area (Å²) in [5.74, 6) is 1.66. The van der Waals surface area contributed by atoms with E-state index in [1.807, 2.05) is 35.2 Å². The third-order valence-electron chi connectivity index (χ3n) is 5.81. The number of hydrogen-bond donors (Lipinski definition) is 0. The maximum absolute atomic E-state index is 12.9. The van der Waals surface area contributed by atoms with Gasteiger partial charge in [-0.2, -0.15) is 0 Å². The predicted octanol–water partition coefficient (Wildman–Crippen LogP) is 3.44. The average molecular weight is 449 g/mol. The summed E-state index contributed by atoms with van der Waals surface area (Å²) < 4.78 is 11.5. The first-order chi connectivity index (χ1) is 15.7. The van der Waals surface area contributed by atoms with E-state index in [2.05, 4.69) is 30.3 Å². The third-order valence-corrected chi connectivity index (χ3v) is 6.79. The highest BCUT2D eigenvalue weighted by Crippen LogP contribution is 2.31. The molecular formula is C25H24N2O4S. The first kappa shape index (κ1) is 20.7. The van der Waals surface area contributed by atoms with Crippen LogP contribution in [0, 0.1) is 0 Å². The van der Waals surface area contributed by atoms with Crippen LogP contribution in [0.1, 0.15) is 0 Å². The molecule has 6 nitrogen and oxygen atoms in total. The van der Waals surface area contributed by atoms with Gasteiger partial charge in [0.1, 0.15) is 6.61 Å². The molecule has 2 amide bonds. The molecule has 0 spiro atoms. The number of benzene rings is 3. The Kier molecular flexibility index (Phi) is 5.90. The van der Waals surface area contributed by atoms with Crippen LogP contribution >= 0.6 is 11.8 Å². The Bertz CT molecular complexity index is 1140. The van der Waals surface area contributed by atoms with Gasteiger partial charge in [0.05, 0.1) is 5.75 Å². The Morgan fingerprint density at radius 3 is 2.34 bits per heavy atom. The van der Waals surface area contributed by atoms with Crippen molar-refractivity contribution in [3.05, 3.63) is 66.7 Å². The average Bonchev–Trinajstić information content (AvgIpc) is 2.86. The summed E-state index contributed by atoms with van der Waals surface area (Å²) in [4.78, 5) is 30.3. The topological polar surface area (TPSA) is 59.1 Å². The minimum absolute atomic E-state index is 0.0860. The minimum Gasteiger partial charge on any atom is -0.485 e. The molecule has 1 atom stereocenters. The van der Waals surface area contributed by atoms with E-state index in [1.54, 1.807) is 22.7 Å². The zero-order valence-electron chi connectivity index (χ0n) is 17.6. The highest BCUT2D eigenvalue weighted by atomic mass is 32.2. The quantitative estimate of drug-likeness (QED) is 0.573. The van der Waals surface area contributed by atoms with Crippen molar-refractivity contribution < 1.29 is 19.1 Å². The Hall–Kier alpha value is -3.19. The highest BCUT2D eigenvalue weighted by Gasteiger charge is 2.33. The number of thioether (sulfide) groups is 1. The van der Waals surface area contributed by atoms with Crippen LogP contribution in [0.3, 0.4) is 0 Å². The molecule has 2 heterocycles. The molecule has 1 saturated heterocycles.